The van der Waals surface area contributed by atoms with Crippen LogP contribution in [0.2, 0.25) is 0 Å². The van der Waals surface area contributed by atoms with Gasteiger partial charge in [-0.25, -0.2) is 4.79 Å². The van der Waals surface area contributed by atoms with Crippen molar-refractivity contribution in [3.8, 4) is 11.5 Å². The summed E-state index contributed by atoms with van der Waals surface area (Å²) in [5.74, 6) is 1.25. The van der Waals surface area contributed by atoms with Crippen LogP contribution in [0.4, 0.5) is 4.79 Å². The second kappa shape index (κ2) is 9.03. The number of ketones is 1. The molecule has 1 amide bonds. The summed E-state index contributed by atoms with van der Waals surface area (Å²) >= 11 is 0. The summed E-state index contributed by atoms with van der Waals surface area (Å²) in [6, 6.07) is 14.8. The molecule has 0 aromatic heterocycles. The van der Waals surface area contributed by atoms with Crippen molar-refractivity contribution in [1.82, 2.24) is 5.32 Å². The Labute approximate surface area is 160 Å². The molecule has 0 aliphatic carbocycles. The number of carbonyl (C=O) groups is 2. The van der Waals surface area contributed by atoms with Gasteiger partial charge in [-0.15, -0.1) is 0 Å². The van der Waals surface area contributed by atoms with Gasteiger partial charge < -0.3 is 14.8 Å². The Balaban J connectivity index is 1.99. The Morgan fingerprint density at radius 3 is 2.22 bits per heavy atom. The van der Waals surface area contributed by atoms with Crippen molar-refractivity contribution < 1.29 is 19.1 Å². The van der Waals surface area contributed by atoms with Crippen molar-refractivity contribution in [3.63, 3.8) is 0 Å². The number of hydrogen-bond acceptors (Lipinski definition) is 4. The smallest absolute Gasteiger partial charge is 0.407 e. The van der Waals surface area contributed by atoms with Crippen LogP contribution in [-0.2, 0) is 22.5 Å². The fourth-order valence-electron chi connectivity index (χ4n) is 2.34. The topological polar surface area (TPSA) is 64.6 Å². The molecule has 0 bridgehead atoms. The minimum Gasteiger partial charge on any atom is -0.457 e. The number of benzene rings is 2. The van der Waals surface area contributed by atoms with E-state index in [1.54, 1.807) is 0 Å². The zero-order valence-corrected chi connectivity index (χ0v) is 16.0. The largest absolute Gasteiger partial charge is 0.457 e. The van der Waals surface area contributed by atoms with Gasteiger partial charge in [-0.1, -0.05) is 30.8 Å². The predicted octanol–water partition coefficient (Wildman–Crippen LogP) is 4.80. The van der Waals surface area contributed by atoms with E-state index >= 15 is 0 Å². The van der Waals surface area contributed by atoms with Crippen molar-refractivity contribution in [2.45, 2.75) is 39.3 Å². The lowest BCUT2D eigenvalue weighted by Gasteiger charge is -2.19. The number of carbonyl (C=O) groups excluding carboxylic acids is 2. The fraction of sp³-hybridized carbons (Fsp3) is 0.273. The molecule has 0 saturated heterocycles. The van der Waals surface area contributed by atoms with E-state index in [1.165, 1.54) is 6.08 Å². The highest BCUT2D eigenvalue weighted by atomic mass is 16.6. The van der Waals surface area contributed by atoms with E-state index in [0.717, 1.165) is 11.1 Å². The summed E-state index contributed by atoms with van der Waals surface area (Å²) < 4.78 is 11.1. The molecule has 0 radical (unpaired) electrons. The van der Waals surface area contributed by atoms with E-state index in [0.29, 0.717) is 24.5 Å². The first kappa shape index (κ1) is 20.2. The molecule has 0 heterocycles. The van der Waals surface area contributed by atoms with Crippen molar-refractivity contribution in [2.24, 2.45) is 0 Å². The number of ether oxygens (including phenoxy) is 2. The number of hydrogen-bond donors (Lipinski definition) is 1. The molecule has 0 spiro atoms. The van der Waals surface area contributed by atoms with E-state index in [4.69, 9.17) is 9.47 Å². The van der Waals surface area contributed by atoms with Crippen LogP contribution >= 0.6 is 0 Å². The number of allylic oxidation sites excluding steroid dienone is 1. The van der Waals surface area contributed by atoms with Crippen LogP contribution in [0.5, 0.6) is 11.5 Å². The molecule has 5 nitrogen and oxygen atoms in total. The van der Waals surface area contributed by atoms with Crippen molar-refractivity contribution in [2.75, 3.05) is 0 Å². The van der Waals surface area contributed by atoms with Crippen molar-refractivity contribution in [3.05, 3.63) is 72.3 Å². The maximum Gasteiger partial charge on any atom is 0.407 e. The SMILES string of the molecule is C=CC(=O)Cc1cccc(Oc2cccc(CNC(=O)OC(C)(C)C)c2)c1. The number of rotatable bonds is 7. The molecule has 2 aromatic rings. The number of alkyl carbamates (subject to hydrolysis) is 1. The molecule has 2 aromatic carbocycles. The third-order valence-corrected chi connectivity index (χ3v) is 3.47. The lowest BCUT2D eigenvalue weighted by atomic mass is 10.1. The Bertz CT molecular complexity index is 821. The Kier molecular flexibility index (Phi) is 6.77. The normalized spacial score (nSPS) is 10.8. The van der Waals surface area contributed by atoms with E-state index in [-0.39, 0.29) is 5.78 Å². The molecule has 27 heavy (non-hydrogen) atoms. The second-order valence-corrected chi connectivity index (χ2v) is 7.10. The van der Waals surface area contributed by atoms with Gasteiger partial charge in [0.1, 0.15) is 17.1 Å². The van der Waals surface area contributed by atoms with Crippen LogP contribution in [0, 0.1) is 0 Å². The lowest BCUT2D eigenvalue weighted by molar-refractivity contribution is -0.114. The first-order chi connectivity index (χ1) is 12.7. The van der Waals surface area contributed by atoms with Gasteiger partial charge in [0.15, 0.2) is 5.78 Å². The quantitative estimate of drug-likeness (QED) is 0.714. The van der Waals surface area contributed by atoms with Gasteiger partial charge in [0, 0.05) is 13.0 Å². The van der Waals surface area contributed by atoms with Gasteiger partial charge in [0.05, 0.1) is 0 Å². The van der Waals surface area contributed by atoms with Crippen LogP contribution < -0.4 is 10.1 Å². The second-order valence-electron chi connectivity index (χ2n) is 7.10. The highest BCUT2D eigenvalue weighted by molar-refractivity contribution is 5.90. The van der Waals surface area contributed by atoms with Gasteiger partial charge in [-0.05, 0) is 62.2 Å². The Hall–Kier alpha value is -3.08. The van der Waals surface area contributed by atoms with Crippen LogP contribution in [0.3, 0.4) is 0 Å². The third-order valence-electron chi connectivity index (χ3n) is 3.47. The molecule has 1 N–H and O–H groups in total. The van der Waals surface area contributed by atoms with E-state index in [2.05, 4.69) is 11.9 Å². The van der Waals surface area contributed by atoms with Crippen molar-refractivity contribution in [1.29, 1.82) is 0 Å². The van der Waals surface area contributed by atoms with Gasteiger partial charge in [0.2, 0.25) is 0 Å². The molecule has 0 fully saturated rings. The van der Waals surface area contributed by atoms with E-state index < -0.39 is 11.7 Å². The van der Waals surface area contributed by atoms with Crippen LogP contribution in [-0.4, -0.2) is 17.5 Å². The highest BCUT2D eigenvalue weighted by Crippen LogP contribution is 2.23. The first-order valence-corrected chi connectivity index (χ1v) is 8.73. The average molecular weight is 367 g/mol. The zero-order valence-electron chi connectivity index (χ0n) is 16.0. The van der Waals surface area contributed by atoms with Gasteiger partial charge in [-0.3, -0.25) is 4.79 Å². The summed E-state index contributed by atoms with van der Waals surface area (Å²) in [7, 11) is 0. The van der Waals surface area contributed by atoms with Crippen LogP contribution in [0.25, 0.3) is 0 Å². The molecule has 5 heteroatoms. The third kappa shape index (κ3) is 7.36. The lowest BCUT2D eigenvalue weighted by Crippen LogP contribution is -2.32. The zero-order chi connectivity index (χ0) is 19.9. The monoisotopic (exact) mass is 367 g/mol. The minimum absolute atomic E-state index is 0.0395. The van der Waals surface area contributed by atoms with Gasteiger partial charge in [0.25, 0.3) is 0 Å². The summed E-state index contributed by atoms with van der Waals surface area (Å²) in [5.41, 5.74) is 1.21. The van der Waals surface area contributed by atoms with E-state index in [1.807, 2.05) is 69.3 Å². The first-order valence-electron chi connectivity index (χ1n) is 8.73. The molecule has 142 valence electrons. The van der Waals surface area contributed by atoms with Crippen LogP contribution in [0.15, 0.2) is 61.2 Å². The maximum absolute atomic E-state index is 11.8. The summed E-state index contributed by atoms with van der Waals surface area (Å²) in [6.07, 6.45) is 1.14. The number of nitrogens with one attached hydrogen (secondary N) is 1. The minimum atomic E-state index is -0.535. The predicted molar refractivity (Wildman–Crippen MR) is 105 cm³/mol. The molecule has 0 aliphatic rings. The molecular weight excluding hydrogens is 342 g/mol. The Morgan fingerprint density at radius 1 is 1.04 bits per heavy atom. The maximum atomic E-state index is 11.8. The highest BCUT2D eigenvalue weighted by Gasteiger charge is 2.15. The molecule has 0 saturated carbocycles. The fourth-order valence-corrected chi connectivity index (χ4v) is 2.34. The molecule has 2 rings (SSSR count). The summed E-state index contributed by atoms with van der Waals surface area (Å²) in [4.78, 5) is 23.3. The Morgan fingerprint density at radius 2 is 1.63 bits per heavy atom. The van der Waals surface area contributed by atoms with Crippen molar-refractivity contribution >= 4 is 11.9 Å². The van der Waals surface area contributed by atoms with Gasteiger partial charge in [-0.2, -0.15) is 0 Å². The summed E-state index contributed by atoms with van der Waals surface area (Å²) in [5, 5.41) is 2.72. The molecule has 0 atom stereocenters. The molecule has 0 unspecified atom stereocenters. The van der Waals surface area contributed by atoms with E-state index in [9.17, 15) is 9.59 Å². The standard InChI is InChI=1S/C22H25NO4/c1-5-18(24)12-16-8-6-10-19(13-16)26-20-11-7-9-17(14-20)15-23-21(25)27-22(2,3)4/h5-11,13-14H,1,12,15H2,2-4H3,(H,23,25). The summed E-state index contributed by atoms with van der Waals surface area (Å²) in [6.45, 7) is 9.27. The number of amides is 1. The molecular formula is C22H25NO4. The van der Waals surface area contributed by atoms with Gasteiger partial charge >= 0.3 is 6.09 Å². The van der Waals surface area contributed by atoms with Crippen LogP contribution in [0.1, 0.15) is 31.9 Å². The molecule has 0 aliphatic heterocycles. The average Bonchev–Trinajstić information content (AvgIpc) is 2.59.